The van der Waals surface area contributed by atoms with Crippen molar-refractivity contribution in [2.45, 2.75) is 47.1 Å². The van der Waals surface area contributed by atoms with E-state index in [4.69, 9.17) is 9.97 Å². The summed E-state index contributed by atoms with van der Waals surface area (Å²) < 4.78 is 6.72. The maximum Gasteiger partial charge on any atom is 0.258 e. The Balaban J connectivity index is 0.000000150. The molecular formula is C42H46N14O2. The van der Waals surface area contributed by atoms with Crippen LogP contribution in [0.4, 0.5) is 11.4 Å². The summed E-state index contributed by atoms with van der Waals surface area (Å²) in [4.78, 5) is 48.7. The van der Waals surface area contributed by atoms with Gasteiger partial charge in [0.25, 0.3) is 11.1 Å². The SMILES string of the molecule is Cc1cn2nc(-c3cc(=O)n4cc(N5CCCNCC5)ccc4n3)cc(C)c2n1.Cc1cn2nc(-c3cc(=O)n4cc(N5CCN[C@H](C)C5)ccc4n3)cc(C)c2n1. The average Bonchev–Trinajstić information content (AvgIpc) is 3.67. The lowest BCUT2D eigenvalue weighted by Crippen LogP contribution is -2.49. The Morgan fingerprint density at radius 1 is 0.586 bits per heavy atom. The Morgan fingerprint density at radius 3 is 1.67 bits per heavy atom. The summed E-state index contributed by atoms with van der Waals surface area (Å²) in [6.45, 7) is 16.7. The van der Waals surface area contributed by atoms with Gasteiger partial charge < -0.3 is 20.4 Å². The molecule has 10 heterocycles. The van der Waals surface area contributed by atoms with E-state index in [1.54, 1.807) is 30.0 Å². The summed E-state index contributed by atoms with van der Waals surface area (Å²) in [6, 6.07) is 15.3. The first kappa shape index (κ1) is 37.1. The number of pyridine rings is 2. The highest BCUT2D eigenvalue weighted by molar-refractivity contribution is 5.64. The summed E-state index contributed by atoms with van der Waals surface area (Å²) in [5.41, 5.74) is 11.0. The molecule has 296 valence electrons. The van der Waals surface area contributed by atoms with Gasteiger partial charge in [-0.3, -0.25) is 18.4 Å². The van der Waals surface area contributed by atoms with Crippen LogP contribution in [0.25, 0.3) is 45.4 Å². The van der Waals surface area contributed by atoms with Crippen LogP contribution in [0.15, 0.2) is 82.9 Å². The predicted octanol–water partition coefficient (Wildman–Crippen LogP) is 3.64. The number of nitrogens with zero attached hydrogens (tertiary/aromatic N) is 12. The molecule has 0 saturated carbocycles. The smallest absolute Gasteiger partial charge is 0.258 e. The van der Waals surface area contributed by atoms with Crippen molar-refractivity contribution >= 4 is 34.0 Å². The maximum atomic E-state index is 12.9. The first-order valence-corrected chi connectivity index (χ1v) is 19.8. The number of hydrogen-bond acceptors (Lipinski definition) is 12. The summed E-state index contributed by atoms with van der Waals surface area (Å²) in [5.74, 6) is 0. The molecule has 0 aromatic carbocycles. The molecule has 16 heteroatoms. The van der Waals surface area contributed by atoms with E-state index in [-0.39, 0.29) is 11.1 Å². The summed E-state index contributed by atoms with van der Waals surface area (Å²) in [7, 11) is 0. The standard InChI is InChI=1S/2C21H23N7O/c1-13-8-18(25-28-11-15(3)23-21(13)28)17-9-20(29)27-12-16(4-5-19(27)24-17)26-7-6-22-14(2)10-26;1-14-10-18(25-28-12-15(2)23-21(14)28)17-11-20(29)27-13-16(4-5-19(27)24-17)26-8-3-6-22-7-9-26/h4-5,8-9,11-12,14,22H,6-7,10H2,1-3H3;4-5,10-13,22H,3,6-9H2,1-2H3/t14-;/m1./s1. The molecule has 8 aromatic heterocycles. The molecular weight excluding hydrogens is 733 g/mol. The maximum absolute atomic E-state index is 12.9. The molecule has 16 nitrogen and oxygen atoms in total. The number of rotatable bonds is 4. The molecule has 58 heavy (non-hydrogen) atoms. The van der Waals surface area contributed by atoms with Crippen LogP contribution in [-0.4, -0.2) is 99.8 Å². The van der Waals surface area contributed by atoms with Gasteiger partial charge >= 0.3 is 0 Å². The lowest BCUT2D eigenvalue weighted by Gasteiger charge is -2.33. The van der Waals surface area contributed by atoms with Crippen molar-refractivity contribution in [3.8, 4) is 22.8 Å². The highest BCUT2D eigenvalue weighted by Gasteiger charge is 2.18. The monoisotopic (exact) mass is 778 g/mol. The molecule has 0 radical (unpaired) electrons. The molecule has 8 aromatic rings. The molecule has 1 atom stereocenters. The fourth-order valence-electron chi connectivity index (χ4n) is 7.83. The number of aryl methyl sites for hydroxylation is 4. The molecule has 2 aliphatic heterocycles. The van der Waals surface area contributed by atoms with Crippen LogP contribution in [0.2, 0.25) is 0 Å². The molecule has 0 amide bonds. The molecule has 2 saturated heterocycles. The van der Waals surface area contributed by atoms with Crippen LogP contribution in [0, 0.1) is 27.7 Å². The number of fused-ring (bicyclic) bond motifs is 4. The molecule has 0 aliphatic carbocycles. The Morgan fingerprint density at radius 2 is 1.12 bits per heavy atom. The first-order valence-electron chi connectivity index (χ1n) is 19.8. The molecule has 2 N–H and O–H groups in total. The van der Waals surface area contributed by atoms with Crippen LogP contribution in [0.3, 0.4) is 0 Å². The van der Waals surface area contributed by atoms with E-state index in [2.05, 4.69) is 47.5 Å². The van der Waals surface area contributed by atoms with E-state index in [1.165, 1.54) is 0 Å². The largest absolute Gasteiger partial charge is 0.369 e. The van der Waals surface area contributed by atoms with Gasteiger partial charge in [0.2, 0.25) is 0 Å². The summed E-state index contributed by atoms with van der Waals surface area (Å²) >= 11 is 0. The minimum absolute atomic E-state index is 0.110. The fourth-order valence-corrected chi connectivity index (χ4v) is 7.83. The number of imidazole rings is 2. The molecule has 0 unspecified atom stereocenters. The second kappa shape index (κ2) is 15.1. The van der Waals surface area contributed by atoms with Crippen LogP contribution in [-0.2, 0) is 0 Å². The quantitative estimate of drug-likeness (QED) is 0.268. The highest BCUT2D eigenvalue weighted by Crippen LogP contribution is 2.22. The Bertz CT molecular complexity index is 2770. The van der Waals surface area contributed by atoms with E-state index in [1.807, 2.05) is 88.9 Å². The van der Waals surface area contributed by atoms with Crippen molar-refractivity contribution < 1.29 is 0 Å². The fraction of sp³-hybridized carbons (Fsp3) is 0.333. The van der Waals surface area contributed by atoms with Gasteiger partial charge in [0, 0.05) is 69.8 Å². The zero-order chi connectivity index (χ0) is 40.1. The first-order chi connectivity index (χ1) is 28.1. The topological polar surface area (TPSA) is 160 Å². The highest BCUT2D eigenvalue weighted by atomic mass is 16.1. The Labute approximate surface area is 333 Å². The molecule has 2 aliphatic rings. The van der Waals surface area contributed by atoms with Crippen molar-refractivity contribution in [3.05, 3.63) is 117 Å². The average molecular weight is 779 g/mol. The Kier molecular flexibility index (Phi) is 9.65. The van der Waals surface area contributed by atoms with Gasteiger partial charge in [0.05, 0.1) is 46.5 Å². The molecule has 0 bridgehead atoms. The van der Waals surface area contributed by atoms with E-state index in [9.17, 15) is 9.59 Å². The number of nitrogens with one attached hydrogen (secondary N) is 2. The lowest BCUT2D eigenvalue weighted by atomic mass is 10.2. The van der Waals surface area contributed by atoms with Crippen LogP contribution in [0.5, 0.6) is 0 Å². The minimum atomic E-state index is -0.114. The van der Waals surface area contributed by atoms with Crippen molar-refractivity contribution in [1.29, 1.82) is 0 Å². The normalized spacial score (nSPS) is 16.3. The molecule has 10 rings (SSSR count). The van der Waals surface area contributed by atoms with Gasteiger partial charge in [-0.15, -0.1) is 0 Å². The van der Waals surface area contributed by atoms with E-state index >= 15 is 0 Å². The third-order valence-electron chi connectivity index (χ3n) is 10.7. The summed E-state index contributed by atoms with van der Waals surface area (Å²) in [6.07, 6.45) is 8.61. The zero-order valence-corrected chi connectivity index (χ0v) is 33.3. The zero-order valence-electron chi connectivity index (χ0n) is 33.3. The van der Waals surface area contributed by atoms with E-state index in [0.717, 1.165) is 97.4 Å². The number of aromatic nitrogens is 10. The second-order valence-corrected chi connectivity index (χ2v) is 15.3. The second-order valence-electron chi connectivity index (χ2n) is 15.3. The Hall–Kier alpha value is -6.52. The molecule has 0 spiro atoms. The number of anilines is 2. The van der Waals surface area contributed by atoms with Gasteiger partial charge in [0.15, 0.2) is 11.3 Å². The number of hydrogen-bond donors (Lipinski definition) is 2. The van der Waals surface area contributed by atoms with Gasteiger partial charge in [0.1, 0.15) is 22.7 Å². The van der Waals surface area contributed by atoms with Crippen molar-refractivity contribution in [1.82, 2.24) is 58.6 Å². The van der Waals surface area contributed by atoms with Crippen molar-refractivity contribution in [2.75, 3.05) is 55.6 Å². The van der Waals surface area contributed by atoms with Crippen LogP contribution in [0.1, 0.15) is 35.9 Å². The van der Waals surface area contributed by atoms with Crippen LogP contribution < -0.4 is 31.6 Å². The minimum Gasteiger partial charge on any atom is -0.369 e. The predicted molar refractivity (Wildman–Crippen MR) is 225 cm³/mol. The van der Waals surface area contributed by atoms with Crippen LogP contribution >= 0.6 is 0 Å². The number of piperazine rings is 1. The van der Waals surface area contributed by atoms with Gasteiger partial charge in [-0.25, -0.2) is 29.0 Å². The van der Waals surface area contributed by atoms with E-state index in [0.29, 0.717) is 40.1 Å². The van der Waals surface area contributed by atoms with Gasteiger partial charge in [-0.05, 0) is 95.1 Å². The third-order valence-corrected chi connectivity index (χ3v) is 10.7. The van der Waals surface area contributed by atoms with Gasteiger partial charge in [-0.2, -0.15) is 10.2 Å². The molecule has 2 fully saturated rings. The third kappa shape index (κ3) is 7.27. The van der Waals surface area contributed by atoms with E-state index < -0.39 is 0 Å². The van der Waals surface area contributed by atoms with Crippen molar-refractivity contribution in [2.24, 2.45) is 0 Å². The summed E-state index contributed by atoms with van der Waals surface area (Å²) in [5, 5.41) is 16.0. The van der Waals surface area contributed by atoms with Crippen molar-refractivity contribution in [3.63, 3.8) is 0 Å². The van der Waals surface area contributed by atoms with Gasteiger partial charge in [-0.1, -0.05) is 0 Å². The lowest BCUT2D eigenvalue weighted by molar-refractivity contribution is 0.484.